The molecule has 2 rings (SSSR count). The predicted octanol–water partition coefficient (Wildman–Crippen LogP) is 1.21. The molecular formula is C12H15FN2O2. The summed E-state index contributed by atoms with van der Waals surface area (Å²) in [5.74, 6) is -0.782. The van der Waals surface area contributed by atoms with Gasteiger partial charge in [-0.2, -0.15) is 4.39 Å². The Labute approximate surface area is 99.1 Å². The molecule has 0 atom stereocenters. The van der Waals surface area contributed by atoms with Crippen LogP contribution in [0.4, 0.5) is 4.39 Å². The topological polar surface area (TPSA) is 53.4 Å². The first-order valence-electron chi connectivity index (χ1n) is 5.76. The number of hydrogen-bond donors (Lipinski definition) is 1. The summed E-state index contributed by atoms with van der Waals surface area (Å²) in [5.41, 5.74) is 0.367. The van der Waals surface area contributed by atoms with Crippen LogP contribution in [0.3, 0.4) is 0 Å². The maximum Gasteiger partial charge on any atom is 0.255 e. The standard InChI is InChI=1S/C12H15FN2O2/c13-11-5-4-9(8-14-11)12(17)15(6-7-16)10-2-1-3-10/h4-5,8,10,16H,1-3,6-7H2. The molecule has 0 radical (unpaired) electrons. The molecule has 5 heteroatoms. The number of carbonyl (C=O) groups excluding carboxylic acids is 1. The van der Waals surface area contributed by atoms with Gasteiger partial charge >= 0.3 is 0 Å². The van der Waals surface area contributed by atoms with Crippen molar-refractivity contribution in [2.45, 2.75) is 25.3 Å². The summed E-state index contributed by atoms with van der Waals surface area (Å²) < 4.78 is 12.7. The zero-order valence-corrected chi connectivity index (χ0v) is 9.47. The van der Waals surface area contributed by atoms with E-state index in [0.29, 0.717) is 12.1 Å². The molecule has 1 aliphatic carbocycles. The minimum Gasteiger partial charge on any atom is -0.395 e. The lowest BCUT2D eigenvalue weighted by atomic mass is 9.91. The molecular weight excluding hydrogens is 223 g/mol. The van der Waals surface area contributed by atoms with Crippen molar-refractivity contribution >= 4 is 5.91 Å². The number of aromatic nitrogens is 1. The normalized spacial score (nSPS) is 15.4. The van der Waals surface area contributed by atoms with Crippen LogP contribution in [0.5, 0.6) is 0 Å². The van der Waals surface area contributed by atoms with Crippen molar-refractivity contribution in [3.8, 4) is 0 Å². The summed E-state index contributed by atoms with van der Waals surface area (Å²) >= 11 is 0. The molecule has 1 saturated carbocycles. The molecule has 0 unspecified atom stereocenters. The summed E-state index contributed by atoms with van der Waals surface area (Å²) in [4.78, 5) is 17.3. The third-order valence-electron chi connectivity index (χ3n) is 3.09. The molecule has 0 aromatic carbocycles. The number of amides is 1. The number of aliphatic hydroxyl groups excluding tert-OH is 1. The van der Waals surface area contributed by atoms with Gasteiger partial charge in [-0.25, -0.2) is 4.98 Å². The monoisotopic (exact) mass is 238 g/mol. The maximum atomic E-state index is 12.7. The van der Waals surface area contributed by atoms with Crippen LogP contribution < -0.4 is 0 Å². The SMILES string of the molecule is O=C(c1ccc(F)nc1)N(CCO)C1CCC1. The number of pyridine rings is 1. The van der Waals surface area contributed by atoms with Crippen LogP contribution in [0.25, 0.3) is 0 Å². The zero-order valence-electron chi connectivity index (χ0n) is 9.47. The minimum atomic E-state index is -0.598. The Bertz CT molecular complexity index is 390. The van der Waals surface area contributed by atoms with Crippen LogP contribution in [0.15, 0.2) is 18.3 Å². The third-order valence-corrected chi connectivity index (χ3v) is 3.09. The summed E-state index contributed by atoms with van der Waals surface area (Å²) in [6.45, 7) is 0.262. The van der Waals surface area contributed by atoms with Crippen LogP contribution in [0.2, 0.25) is 0 Å². The molecule has 1 heterocycles. The van der Waals surface area contributed by atoms with Crippen LogP contribution in [-0.2, 0) is 0 Å². The Hall–Kier alpha value is -1.49. The highest BCUT2D eigenvalue weighted by Gasteiger charge is 2.28. The van der Waals surface area contributed by atoms with E-state index in [1.807, 2.05) is 0 Å². The second-order valence-electron chi connectivity index (χ2n) is 4.18. The molecule has 1 aromatic rings. The van der Waals surface area contributed by atoms with Crippen LogP contribution in [0.1, 0.15) is 29.6 Å². The number of rotatable bonds is 4. The van der Waals surface area contributed by atoms with E-state index in [-0.39, 0.29) is 18.6 Å². The van der Waals surface area contributed by atoms with Crippen molar-refractivity contribution in [2.75, 3.05) is 13.2 Å². The molecule has 1 aliphatic rings. The van der Waals surface area contributed by atoms with Gasteiger partial charge in [-0.15, -0.1) is 0 Å². The van der Waals surface area contributed by atoms with E-state index in [9.17, 15) is 9.18 Å². The average molecular weight is 238 g/mol. The van der Waals surface area contributed by atoms with E-state index in [1.54, 1.807) is 4.90 Å². The molecule has 1 aromatic heterocycles. The molecule has 0 spiro atoms. The Morgan fingerprint density at radius 3 is 2.76 bits per heavy atom. The fourth-order valence-electron chi connectivity index (χ4n) is 1.92. The van der Waals surface area contributed by atoms with Gasteiger partial charge in [0.1, 0.15) is 0 Å². The van der Waals surface area contributed by atoms with Crippen LogP contribution in [0, 0.1) is 5.95 Å². The van der Waals surface area contributed by atoms with Gasteiger partial charge in [0.2, 0.25) is 5.95 Å². The van der Waals surface area contributed by atoms with E-state index >= 15 is 0 Å². The average Bonchev–Trinajstić information content (AvgIpc) is 2.26. The first-order valence-corrected chi connectivity index (χ1v) is 5.76. The lowest BCUT2D eigenvalue weighted by Gasteiger charge is -2.37. The molecule has 0 bridgehead atoms. The summed E-state index contributed by atoms with van der Waals surface area (Å²) in [7, 11) is 0. The Morgan fingerprint density at radius 2 is 2.29 bits per heavy atom. The first-order chi connectivity index (χ1) is 8.22. The lowest BCUT2D eigenvalue weighted by Crippen LogP contribution is -2.45. The van der Waals surface area contributed by atoms with Gasteiger partial charge in [0, 0.05) is 18.8 Å². The molecule has 92 valence electrons. The molecule has 17 heavy (non-hydrogen) atoms. The van der Waals surface area contributed by atoms with Crippen molar-refractivity contribution in [3.63, 3.8) is 0 Å². The molecule has 0 aliphatic heterocycles. The van der Waals surface area contributed by atoms with Crippen molar-refractivity contribution in [3.05, 3.63) is 29.8 Å². The highest BCUT2D eigenvalue weighted by molar-refractivity contribution is 5.94. The van der Waals surface area contributed by atoms with Crippen molar-refractivity contribution < 1.29 is 14.3 Å². The molecule has 1 amide bonds. The van der Waals surface area contributed by atoms with Crippen LogP contribution >= 0.6 is 0 Å². The van der Waals surface area contributed by atoms with Gasteiger partial charge in [0.15, 0.2) is 0 Å². The number of carbonyl (C=O) groups is 1. The molecule has 1 N–H and O–H groups in total. The highest BCUT2D eigenvalue weighted by atomic mass is 19.1. The number of halogens is 1. The van der Waals surface area contributed by atoms with Gasteiger partial charge < -0.3 is 10.0 Å². The fraction of sp³-hybridized carbons (Fsp3) is 0.500. The van der Waals surface area contributed by atoms with Gasteiger partial charge in [-0.3, -0.25) is 4.79 Å². The summed E-state index contributed by atoms with van der Waals surface area (Å²) in [6, 6.07) is 2.80. The largest absolute Gasteiger partial charge is 0.395 e. The summed E-state index contributed by atoms with van der Waals surface area (Å²) in [6.07, 6.45) is 4.29. The quantitative estimate of drug-likeness (QED) is 0.802. The van der Waals surface area contributed by atoms with Gasteiger partial charge in [-0.05, 0) is 31.4 Å². The minimum absolute atomic E-state index is 0.0587. The fourth-order valence-corrected chi connectivity index (χ4v) is 1.92. The predicted molar refractivity (Wildman–Crippen MR) is 60.0 cm³/mol. The Morgan fingerprint density at radius 1 is 1.53 bits per heavy atom. The van der Waals surface area contributed by atoms with E-state index < -0.39 is 5.95 Å². The van der Waals surface area contributed by atoms with E-state index in [0.717, 1.165) is 19.3 Å². The van der Waals surface area contributed by atoms with Gasteiger partial charge in [0.25, 0.3) is 5.91 Å². The second-order valence-corrected chi connectivity index (χ2v) is 4.18. The number of hydrogen-bond acceptors (Lipinski definition) is 3. The van der Waals surface area contributed by atoms with Crippen molar-refractivity contribution in [1.82, 2.24) is 9.88 Å². The third kappa shape index (κ3) is 2.61. The van der Waals surface area contributed by atoms with Crippen molar-refractivity contribution in [1.29, 1.82) is 0 Å². The Balaban J connectivity index is 2.12. The summed E-state index contributed by atoms with van der Waals surface area (Å²) in [5, 5.41) is 8.98. The molecule has 0 saturated heterocycles. The van der Waals surface area contributed by atoms with Gasteiger partial charge in [-0.1, -0.05) is 0 Å². The molecule has 1 fully saturated rings. The Kier molecular flexibility index (Phi) is 3.68. The van der Waals surface area contributed by atoms with E-state index in [1.165, 1.54) is 18.3 Å². The van der Waals surface area contributed by atoms with E-state index in [4.69, 9.17) is 5.11 Å². The van der Waals surface area contributed by atoms with Crippen LogP contribution in [-0.4, -0.2) is 40.1 Å². The van der Waals surface area contributed by atoms with Gasteiger partial charge in [0.05, 0.1) is 12.2 Å². The zero-order chi connectivity index (χ0) is 12.3. The highest BCUT2D eigenvalue weighted by Crippen LogP contribution is 2.25. The maximum absolute atomic E-state index is 12.7. The van der Waals surface area contributed by atoms with E-state index in [2.05, 4.69) is 4.98 Å². The number of nitrogens with zero attached hydrogens (tertiary/aromatic N) is 2. The second kappa shape index (κ2) is 5.23. The smallest absolute Gasteiger partial charge is 0.255 e. The lowest BCUT2D eigenvalue weighted by molar-refractivity contribution is 0.0525. The molecule has 4 nitrogen and oxygen atoms in total. The number of aliphatic hydroxyl groups is 1. The first kappa shape index (κ1) is 12.0. The van der Waals surface area contributed by atoms with Crippen molar-refractivity contribution in [2.24, 2.45) is 0 Å².